The zero-order valence-corrected chi connectivity index (χ0v) is 14.2. The number of hydrogen-bond acceptors (Lipinski definition) is 3. The molecule has 5 nitrogen and oxygen atoms in total. The quantitative estimate of drug-likeness (QED) is 0.246. The molecule has 2 N–H and O–H groups in total. The lowest BCUT2D eigenvalue weighted by Crippen LogP contribution is -2.39. The Bertz CT molecular complexity index is 425. The van der Waals surface area contributed by atoms with Crippen LogP contribution in [0.25, 0.3) is 0 Å². The van der Waals surface area contributed by atoms with Crippen LogP contribution in [0.15, 0.2) is 41.9 Å². The molecule has 0 aliphatic carbocycles. The largest absolute Gasteiger partial charge is 0.497 e. The lowest BCUT2D eigenvalue weighted by atomic mass is 10.3. The van der Waals surface area contributed by atoms with Gasteiger partial charge in [-0.15, -0.1) is 30.6 Å². The fourth-order valence-electron chi connectivity index (χ4n) is 1.42. The predicted molar refractivity (Wildman–Crippen MR) is 93.5 cm³/mol. The van der Waals surface area contributed by atoms with Crippen molar-refractivity contribution in [2.75, 3.05) is 33.9 Å². The lowest BCUT2D eigenvalue weighted by Gasteiger charge is -2.11. The molecule has 1 aromatic rings. The van der Waals surface area contributed by atoms with Crippen molar-refractivity contribution in [3.8, 4) is 11.5 Å². The van der Waals surface area contributed by atoms with Crippen LogP contribution in [0.4, 0.5) is 0 Å². The first-order valence-electron chi connectivity index (χ1n) is 6.12. The average molecular weight is 391 g/mol. The molecule has 112 valence electrons. The molecule has 0 saturated heterocycles. The Balaban J connectivity index is 0.00000361. The van der Waals surface area contributed by atoms with Crippen LogP contribution in [0.5, 0.6) is 11.5 Å². The molecule has 0 radical (unpaired) electrons. The molecular weight excluding hydrogens is 369 g/mol. The molecule has 0 fully saturated rings. The van der Waals surface area contributed by atoms with Crippen molar-refractivity contribution in [3.05, 3.63) is 36.9 Å². The second kappa shape index (κ2) is 11.4. The number of nitrogens with zero attached hydrogens (tertiary/aromatic N) is 1. The van der Waals surface area contributed by atoms with Crippen molar-refractivity contribution < 1.29 is 9.47 Å². The van der Waals surface area contributed by atoms with Crippen LogP contribution in [0.2, 0.25) is 0 Å². The monoisotopic (exact) mass is 391 g/mol. The molecule has 0 aromatic heterocycles. The Kier molecular flexibility index (Phi) is 10.6. The molecule has 0 atom stereocenters. The normalized spacial score (nSPS) is 10.2. The second-order valence-electron chi connectivity index (χ2n) is 3.70. The number of rotatable bonds is 7. The van der Waals surface area contributed by atoms with E-state index >= 15 is 0 Å². The highest BCUT2D eigenvalue weighted by Gasteiger charge is 1.98. The Hall–Kier alpha value is -1.44. The van der Waals surface area contributed by atoms with Gasteiger partial charge in [-0.1, -0.05) is 12.1 Å². The van der Waals surface area contributed by atoms with Gasteiger partial charge in [-0.05, 0) is 12.1 Å². The van der Waals surface area contributed by atoms with E-state index in [9.17, 15) is 0 Å². The van der Waals surface area contributed by atoms with Crippen LogP contribution in [0.3, 0.4) is 0 Å². The van der Waals surface area contributed by atoms with Gasteiger partial charge in [0.2, 0.25) is 0 Å². The first-order chi connectivity index (χ1) is 9.30. The lowest BCUT2D eigenvalue weighted by molar-refractivity contribution is 0.319. The van der Waals surface area contributed by atoms with Gasteiger partial charge in [0.1, 0.15) is 18.1 Å². The van der Waals surface area contributed by atoms with E-state index < -0.39 is 0 Å². The van der Waals surface area contributed by atoms with Gasteiger partial charge in [0.15, 0.2) is 5.96 Å². The summed E-state index contributed by atoms with van der Waals surface area (Å²) in [5.41, 5.74) is 0. The Morgan fingerprint density at radius 2 is 2.10 bits per heavy atom. The van der Waals surface area contributed by atoms with E-state index in [1.165, 1.54) is 0 Å². The van der Waals surface area contributed by atoms with E-state index in [0.717, 1.165) is 17.5 Å². The van der Waals surface area contributed by atoms with Gasteiger partial charge in [-0.25, -0.2) is 0 Å². The summed E-state index contributed by atoms with van der Waals surface area (Å²) in [5, 5.41) is 6.22. The number of guanidine groups is 1. The summed E-state index contributed by atoms with van der Waals surface area (Å²) in [4.78, 5) is 4.07. The smallest absolute Gasteiger partial charge is 0.191 e. The van der Waals surface area contributed by atoms with Crippen LogP contribution >= 0.6 is 24.0 Å². The summed E-state index contributed by atoms with van der Waals surface area (Å²) in [6.07, 6.45) is 1.78. The average Bonchev–Trinajstić information content (AvgIpc) is 2.47. The molecule has 0 heterocycles. The van der Waals surface area contributed by atoms with E-state index in [2.05, 4.69) is 22.2 Å². The molecule has 0 amide bonds. The van der Waals surface area contributed by atoms with Crippen LogP contribution in [-0.4, -0.2) is 39.8 Å². The van der Waals surface area contributed by atoms with Crippen LogP contribution in [-0.2, 0) is 0 Å². The van der Waals surface area contributed by atoms with E-state index in [-0.39, 0.29) is 24.0 Å². The minimum Gasteiger partial charge on any atom is -0.497 e. The first kappa shape index (κ1) is 18.6. The summed E-state index contributed by atoms with van der Waals surface area (Å²) in [6.45, 7) is 5.52. The van der Waals surface area contributed by atoms with Crippen molar-refractivity contribution in [1.82, 2.24) is 10.6 Å². The van der Waals surface area contributed by atoms with E-state index in [4.69, 9.17) is 9.47 Å². The van der Waals surface area contributed by atoms with Crippen molar-refractivity contribution in [2.24, 2.45) is 4.99 Å². The summed E-state index contributed by atoms with van der Waals surface area (Å²) >= 11 is 0. The third-order valence-electron chi connectivity index (χ3n) is 2.34. The molecule has 0 spiro atoms. The third-order valence-corrected chi connectivity index (χ3v) is 2.34. The molecule has 0 aliphatic rings. The van der Waals surface area contributed by atoms with E-state index in [0.29, 0.717) is 19.7 Å². The van der Waals surface area contributed by atoms with Crippen molar-refractivity contribution >= 4 is 29.9 Å². The van der Waals surface area contributed by atoms with Gasteiger partial charge in [-0.3, -0.25) is 4.99 Å². The number of hydrogen-bond donors (Lipinski definition) is 2. The fraction of sp³-hybridized carbons (Fsp3) is 0.357. The maximum absolute atomic E-state index is 5.60. The summed E-state index contributed by atoms with van der Waals surface area (Å²) in [6, 6.07) is 7.52. The van der Waals surface area contributed by atoms with Crippen LogP contribution in [0.1, 0.15) is 0 Å². The number of benzene rings is 1. The molecule has 1 rings (SSSR count). The van der Waals surface area contributed by atoms with E-state index in [1.807, 2.05) is 24.3 Å². The zero-order valence-electron chi connectivity index (χ0n) is 11.9. The molecule has 6 heteroatoms. The number of nitrogens with one attached hydrogen (secondary N) is 2. The minimum atomic E-state index is 0. The van der Waals surface area contributed by atoms with Crippen molar-refractivity contribution in [1.29, 1.82) is 0 Å². The number of methoxy groups -OCH3 is 1. The number of halogens is 1. The maximum Gasteiger partial charge on any atom is 0.191 e. The highest BCUT2D eigenvalue weighted by atomic mass is 127. The molecule has 20 heavy (non-hydrogen) atoms. The topological polar surface area (TPSA) is 54.9 Å². The highest BCUT2D eigenvalue weighted by molar-refractivity contribution is 14.0. The molecular formula is C14H22IN3O2. The van der Waals surface area contributed by atoms with Gasteiger partial charge >= 0.3 is 0 Å². The minimum absolute atomic E-state index is 0. The van der Waals surface area contributed by atoms with Gasteiger partial charge in [0.05, 0.1) is 13.7 Å². The standard InChI is InChI=1S/C14H21N3O2.HI/c1-4-8-16-14(15-2)17-9-10-19-13-7-5-6-12(11-13)18-3;/h4-7,11H,1,8-10H2,2-3H3,(H2,15,16,17);1H. The highest BCUT2D eigenvalue weighted by Crippen LogP contribution is 2.18. The van der Waals surface area contributed by atoms with Gasteiger partial charge in [0.25, 0.3) is 0 Å². The second-order valence-corrected chi connectivity index (χ2v) is 3.70. The molecule has 0 bridgehead atoms. The van der Waals surface area contributed by atoms with Crippen LogP contribution < -0.4 is 20.1 Å². The maximum atomic E-state index is 5.60. The molecule has 0 saturated carbocycles. The van der Waals surface area contributed by atoms with Crippen molar-refractivity contribution in [2.45, 2.75) is 0 Å². The number of aliphatic imine (C=N–C) groups is 1. The van der Waals surface area contributed by atoms with Gasteiger partial charge in [0, 0.05) is 19.7 Å². The Labute approximate surface area is 137 Å². The molecule has 0 unspecified atom stereocenters. The predicted octanol–water partition coefficient (Wildman–Crippen LogP) is 2.04. The first-order valence-corrected chi connectivity index (χ1v) is 6.12. The van der Waals surface area contributed by atoms with Crippen molar-refractivity contribution in [3.63, 3.8) is 0 Å². The SMILES string of the molecule is C=CCNC(=NC)NCCOc1cccc(OC)c1.I. The Morgan fingerprint density at radius 1 is 1.35 bits per heavy atom. The molecule has 0 aliphatic heterocycles. The van der Waals surface area contributed by atoms with Crippen LogP contribution in [0, 0.1) is 0 Å². The molecule has 1 aromatic carbocycles. The zero-order chi connectivity index (χ0) is 13.9. The summed E-state index contributed by atoms with van der Waals surface area (Å²) in [5.74, 6) is 2.30. The van der Waals surface area contributed by atoms with E-state index in [1.54, 1.807) is 20.2 Å². The van der Waals surface area contributed by atoms with Gasteiger partial charge < -0.3 is 20.1 Å². The summed E-state index contributed by atoms with van der Waals surface area (Å²) < 4.78 is 10.7. The number of ether oxygens (including phenoxy) is 2. The fourth-order valence-corrected chi connectivity index (χ4v) is 1.42. The Morgan fingerprint density at radius 3 is 2.75 bits per heavy atom. The van der Waals surface area contributed by atoms with Gasteiger partial charge in [-0.2, -0.15) is 0 Å². The summed E-state index contributed by atoms with van der Waals surface area (Å²) in [7, 11) is 3.36. The third kappa shape index (κ3) is 7.22.